The number of rotatable bonds is 2. The molecule has 0 saturated carbocycles. The zero-order valence-electron chi connectivity index (χ0n) is 25.7. The summed E-state index contributed by atoms with van der Waals surface area (Å²) in [5.41, 5.74) is 4.95. The molecule has 250 valence electrons. The number of benzene rings is 4. The number of halogens is 10. The van der Waals surface area contributed by atoms with Crippen molar-refractivity contribution in [2.75, 3.05) is 12.3 Å². The predicted octanol–water partition coefficient (Wildman–Crippen LogP) is 9.02. The van der Waals surface area contributed by atoms with E-state index in [1.54, 1.807) is 36.4 Å². The van der Waals surface area contributed by atoms with Gasteiger partial charge in [0.1, 0.15) is 0 Å². The standard InChI is InChI=1S/C36H26F10P2/c1-16-17(2)22-15-20-9-5-7-11-24(20)48(36-33(45)29(41)26(38)30(42)34(36)46)13-12-47(35-31(43)27(39)25(37)28(40)32(35)44)23-10-6-4-8-19(23)14-21(16)18(22)3/h4-11,18H,12-15H2,1-3H3. The molecule has 2 aliphatic rings. The molecule has 0 saturated heterocycles. The molecule has 0 spiro atoms. The molecule has 2 unspecified atom stereocenters. The second-order valence-electron chi connectivity index (χ2n) is 11.8. The molecule has 4 aromatic carbocycles. The summed E-state index contributed by atoms with van der Waals surface area (Å²) in [6.45, 7) is 5.81. The van der Waals surface area contributed by atoms with E-state index in [9.17, 15) is 26.3 Å². The van der Waals surface area contributed by atoms with Crippen LogP contribution in [0.5, 0.6) is 0 Å². The third-order valence-electron chi connectivity index (χ3n) is 9.36. The monoisotopic (exact) mass is 710 g/mol. The number of allylic oxidation sites excluding steroid dienone is 4. The largest absolute Gasteiger partial charge is 0.203 e. The van der Waals surface area contributed by atoms with Crippen molar-refractivity contribution in [3.8, 4) is 0 Å². The second kappa shape index (κ2) is 13.1. The van der Waals surface area contributed by atoms with Crippen molar-refractivity contribution in [1.82, 2.24) is 0 Å². The quantitative estimate of drug-likeness (QED) is 0.0844. The van der Waals surface area contributed by atoms with E-state index in [0.717, 1.165) is 22.3 Å². The van der Waals surface area contributed by atoms with Crippen LogP contribution in [-0.4, -0.2) is 12.3 Å². The highest BCUT2D eigenvalue weighted by Crippen LogP contribution is 2.48. The van der Waals surface area contributed by atoms with E-state index in [1.807, 2.05) is 20.8 Å². The summed E-state index contributed by atoms with van der Waals surface area (Å²) in [6, 6.07) is 12.9. The average molecular weight is 711 g/mol. The highest BCUT2D eigenvalue weighted by Gasteiger charge is 2.37. The van der Waals surface area contributed by atoms with Gasteiger partial charge in [0.05, 0.1) is 10.6 Å². The highest BCUT2D eigenvalue weighted by molar-refractivity contribution is 7.76. The van der Waals surface area contributed by atoms with Gasteiger partial charge in [-0.25, -0.2) is 43.9 Å². The Hall–Kier alpha value is -3.48. The minimum absolute atomic E-state index is 0.173. The fourth-order valence-electron chi connectivity index (χ4n) is 6.74. The molecule has 1 aliphatic carbocycles. The number of hydrogen-bond donors (Lipinski definition) is 0. The van der Waals surface area contributed by atoms with Crippen LogP contribution in [0.3, 0.4) is 0 Å². The van der Waals surface area contributed by atoms with E-state index >= 15 is 17.6 Å². The summed E-state index contributed by atoms with van der Waals surface area (Å²) in [5, 5.41) is -1.61. The maximum atomic E-state index is 15.6. The van der Waals surface area contributed by atoms with Crippen LogP contribution in [0.2, 0.25) is 0 Å². The molecule has 0 nitrogen and oxygen atoms in total. The Kier molecular flexibility index (Phi) is 9.38. The molecule has 0 radical (unpaired) electrons. The first-order chi connectivity index (χ1) is 22.8. The van der Waals surface area contributed by atoms with Crippen molar-refractivity contribution in [3.63, 3.8) is 0 Å². The molecular weight excluding hydrogens is 684 g/mol. The highest BCUT2D eigenvalue weighted by atomic mass is 31.1. The maximum Gasteiger partial charge on any atom is 0.200 e. The van der Waals surface area contributed by atoms with Gasteiger partial charge in [0.2, 0.25) is 11.6 Å². The van der Waals surface area contributed by atoms with E-state index in [-0.39, 0.29) is 29.4 Å². The molecule has 2 atom stereocenters. The summed E-state index contributed by atoms with van der Waals surface area (Å²) in [6.07, 6.45) is -0.238. The first-order valence-electron chi connectivity index (χ1n) is 14.9. The smallest absolute Gasteiger partial charge is 0.200 e. The molecule has 0 aromatic heterocycles. The summed E-state index contributed by atoms with van der Waals surface area (Å²) >= 11 is 0. The first-order valence-corrected chi connectivity index (χ1v) is 17.9. The molecule has 2 bridgehead atoms. The molecule has 0 fully saturated rings. The van der Waals surface area contributed by atoms with E-state index in [0.29, 0.717) is 11.1 Å². The third-order valence-corrected chi connectivity index (χ3v) is 15.0. The lowest BCUT2D eigenvalue weighted by Gasteiger charge is -2.28. The van der Waals surface area contributed by atoms with Gasteiger partial charge in [0, 0.05) is 0 Å². The Morgan fingerprint density at radius 3 is 1.08 bits per heavy atom. The number of fused-ring (bicyclic) bond motifs is 4. The lowest BCUT2D eigenvalue weighted by molar-refractivity contribution is 0.384. The van der Waals surface area contributed by atoms with Crippen LogP contribution in [0.25, 0.3) is 0 Å². The van der Waals surface area contributed by atoms with Crippen molar-refractivity contribution in [2.24, 2.45) is 5.92 Å². The van der Waals surface area contributed by atoms with Gasteiger partial charge in [-0.15, -0.1) is 0 Å². The second-order valence-corrected chi connectivity index (χ2v) is 16.2. The van der Waals surface area contributed by atoms with Crippen LogP contribution in [0.1, 0.15) is 31.9 Å². The fraction of sp³-hybridized carbons (Fsp3) is 0.222. The molecule has 1 aliphatic heterocycles. The lowest BCUT2D eigenvalue weighted by Crippen LogP contribution is -2.30. The lowest BCUT2D eigenvalue weighted by atomic mass is 9.89. The molecule has 4 aromatic rings. The van der Waals surface area contributed by atoms with Crippen molar-refractivity contribution in [2.45, 2.75) is 33.6 Å². The SMILES string of the molecule is CC1=C2Cc3ccccc3P(c3c(F)c(F)c(F)c(F)c3F)CCP(c3c(F)c(F)c(F)c(F)c3F)c3ccccc3CC(=C1C)C2C. The van der Waals surface area contributed by atoms with Gasteiger partial charge < -0.3 is 0 Å². The first kappa shape index (κ1) is 34.4. The number of hydrogen-bond acceptors (Lipinski definition) is 0. The summed E-state index contributed by atoms with van der Waals surface area (Å²) in [5.74, 6) is -21.6. The van der Waals surface area contributed by atoms with Gasteiger partial charge in [0.15, 0.2) is 46.5 Å². The van der Waals surface area contributed by atoms with Gasteiger partial charge >= 0.3 is 0 Å². The normalized spacial score (nSPS) is 19.9. The van der Waals surface area contributed by atoms with E-state index in [4.69, 9.17) is 0 Å². The predicted molar refractivity (Wildman–Crippen MR) is 169 cm³/mol. The van der Waals surface area contributed by atoms with Crippen LogP contribution in [0.15, 0.2) is 70.8 Å². The van der Waals surface area contributed by atoms with E-state index in [2.05, 4.69) is 0 Å². The molecule has 48 heavy (non-hydrogen) atoms. The van der Waals surface area contributed by atoms with E-state index < -0.39 is 96.9 Å². The van der Waals surface area contributed by atoms with E-state index in [1.165, 1.54) is 12.1 Å². The van der Waals surface area contributed by atoms with Gasteiger partial charge in [-0.1, -0.05) is 66.6 Å². The summed E-state index contributed by atoms with van der Waals surface area (Å²) in [4.78, 5) is 0. The minimum Gasteiger partial charge on any atom is -0.203 e. The van der Waals surface area contributed by atoms with Gasteiger partial charge in [-0.2, -0.15) is 0 Å². The Balaban J connectivity index is 1.68. The zero-order valence-corrected chi connectivity index (χ0v) is 27.5. The Morgan fingerprint density at radius 2 is 0.750 bits per heavy atom. The average Bonchev–Trinajstić information content (AvgIpc) is 3.28. The van der Waals surface area contributed by atoms with Crippen molar-refractivity contribution < 1.29 is 43.9 Å². The van der Waals surface area contributed by atoms with Crippen LogP contribution in [0, 0.1) is 64.1 Å². The molecule has 0 N–H and O–H groups in total. The van der Waals surface area contributed by atoms with Crippen molar-refractivity contribution in [3.05, 3.63) is 140 Å². The summed E-state index contributed by atoms with van der Waals surface area (Å²) in [7, 11) is -4.98. The third kappa shape index (κ3) is 5.49. The zero-order chi connectivity index (χ0) is 34.8. The molecule has 12 heteroatoms. The molecular formula is C36H26F10P2. The molecule has 0 amide bonds. The Bertz CT molecular complexity index is 1850. The molecule has 6 rings (SSSR count). The topological polar surface area (TPSA) is 0 Å². The van der Waals surface area contributed by atoms with Crippen LogP contribution in [0.4, 0.5) is 43.9 Å². The van der Waals surface area contributed by atoms with Crippen LogP contribution < -0.4 is 21.2 Å². The Morgan fingerprint density at radius 1 is 0.458 bits per heavy atom. The molecule has 1 heterocycles. The van der Waals surface area contributed by atoms with Crippen LogP contribution >= 0.6 is 15.8 Å². The summed E-state index contributed by atoms with van der Waals surface area (Å²) < 4.78 is 150. The maximum absolute atomic E-state index is 15.6. The van der Waals surface area contributed by atoms with Crippen molar-refractivity contribution in [1.29, 1.82) is 0 Å². The van der Waals surface area contributed by atoms with Crippen LogP contribution in [-0.2, 0) is 12.8 Å². The van der Waals surface area contributed by atoms with Gasteiger partial charge in [0.25, 0.3) is 0 Å². The fourth-order valence-corrected chi connectivity index (χ4v) is 12.6. The minimum atomic E-state index is -2.49. The van der Waals surface area contributed by atoms with Gasteiger partial charge in [-0.3, -0.25) is 0 Å². The van der Waals surface area contributed by atoms with Crippen molar-refractivity contribution >= 4 is 37.1 Å². The Labute approximate surface area is 272 Å². The van der Waals surface area contributed by atoms with Gasteiger partial charge in [-0.05, 0) is 93.7 Å².